The maximum atomic E-state index is 11.8. The predicted octanol–water partition coefficient (Wildman–Crippen LogP) is 2.68. The Kier molecular flexibility index (Phi) is 4.43. The lowest BCUT2D eigenvalue weighted by molar-refractivity contribution is -0.136. The van der Waals surface area contributed by atoms with Crippen LogP contribution in [0.15, 0.2) is 0 Å². The number of carbonyl (C=O) groups is 1. The van der Waals surface area contributed by atoms with Crippen molar-refractivity contribution in [3.05, 3.63) is 0 Å². The van der Waals surface area contributed by atoms with E-state index >= 15 is 0 Å². The Labute approximate surface area is 87.7 Å². The minimum atomic E-state index is 0.358. The molecular weight excluding hydrogens is 174 g/mol. The Morgan fingerprint density at radius 1 is 1.50 bits per heavy atom. The lowest BCUT2D eigenvalue weighted by atomic mass is 9.84. The lowest BCUT2D eigenvalue weighted by Crippen LogP contribution is -2.37. The van der Waals surface area contributed by atoms with Gasteiger partial charge in [-0.3, -0.25) is 4.79 Å². The molecule has 82 valence electrons. The number of hydrogen-bond acceptors (Lipinski definition) is 1. The zero-order valence-corrected chi connectivity index (χ0v) is 9.75. The molecule has 1 aliphatic rings. The molecule has 1 rings (SSSR count). The second-order valence-corrected chi connectivity index (χ2v) is 4.69. The highest BCUT2D eigenvalue weighted by Crippen LogP contribution is 2.28. The summed E-state index contributed by atoms with van der Waals surface area (Å²) >= 11 is 0. The van der Waals surface area contributed by atoms with Crippen LogP contribution in [-0.2, 0) is 4.79 Å². The van der Waals surface area contributed by atoms with Crippen LogP contribution < -0.4 is 0 Å². The highest BCUT2D eigenvalue weighted by Gasteiger charge is 2.27. The normalized spacial score (nSPS) is 18.8. The van der Waals surface area contributed by atoms with Crippen LogP contribution in [0, 0.1) is 11.8 Å². The summed E-state index contributed by atoms with van der Waals surface area (Å²) in [7, 11) is 1.95. The molecule has 0 spiro atoms. The third-order valence-corrected chi connectivity index (χ3v) is 3.48. The van der Waals surface area contributed by atoms with Gasteiger partial charge in [0.15, 0.2) is 0 Å². The summed E-state index contributed by atoms with van der Waals surface area (Å²) in [5.74, 6) is 1.48. The van der Waals surface area contributed by atoms with Crippen molar-refractivity contribution in [3.8, 4) is 0 Å². The molecule has 1 aliphatic carbocycles. The smallest absolute Gasteiger partial charge is 0.225 e. The summed E-state index contributed by atoms with van der Waals surface area (Å²) in [6.45, 7) is 5.39. The van der Waals surface area contributed by atoms with Crippen LogP contribution >= 0.6 is 0 Å². The van der Waals surface area contributed by atoms with Gasteiger partial charge in [0.1, 0.15) is 0 Å². The number of hydrogen-bond donors (Lipinski definition) is 0. The zero-order valence-electron chi connectivity index (χ0n) is 9.75. The van der Waals surface area contributed by atoms with Crippen molar-refractivity contribution in [2.45, 2.75) is 46.0 Å². The molecule has 0 radical (unpaired) electrons. The quantitative estimate of drug-likeness (QED) is 0.663. The Balaban J connectivity index is 2.19. The highest BCUT2D eigenvalue weighted by atomic mass is 16.2. The molecule has 1 unspecified atom stereocenters. The molecule has 1 fully saturated rings. The second kappa shape index (κ2) is 5.38. The maximum absolute atomic E-state index is 11.8. The molecule has 1 saturated carbocycles. The van der Waals surface area contributed by atoms with E-state index < -0.39 is 0 Å². The van der Waals surface area contributed by atoms with Crippen molar-refractivity contribution in [2.75, 3.05) is 13.6 Å². The maximum Gasteiger partial charge on any atom is 0.225 e. The second-order valence-electron chi connectivity index (χ2n) is 4.69. The molecule has 0 N–H and O–H groups in total. The van der Waals surface area contributed by atoms with Gasteiger partial charge in [-0.05, 0) is 25.2 Å². The average Bonchev–Trinajstić information content (AvgIpc) is 2.10. The van der Waals surface area contributed by atoms with Crippen molar-refractivity contribution in [1.82, 2.24) is 4.90 Å². The van der Waals surface area contributed by atoms with Gasteiger partial charge in [-0.15, -0.1) is 0 Å². The van der Waals surface area contributed by atoms with E-state index in [0.29, 0.717) is 11.8 Å². The first kappa shape index (κ1) is 11.5. The first-order valence-corrected chi connectivity index (χ1v) is 5.90. The van der Waals surface area contributed by atoms with Crippen LogP contribution in [0.3, 0.4) is 0 Å². The Hall–Kier alpha value is -0.530. The van der Waals surface area contributed by atoms with E-state index in [1.807, 2.05) is 11.9 Å². The van der Waals surface area contributed by atoms with Crippen molar-refractivity contribution in [3.63, 3.8) is 0 Å². The first-order valence-electron chi connectivity index (χ1n) is 5.90. The number of rotatable bonds is 5. The van der Waals surface area contributed by atoms with E-state index in [-0.39, 0.29) is 0 Å². The molecular formula is C12H23NO. The van der Waals surface area contributed by atoms with Crippen molar-refractivity contribution >= 4 is 5.91 Å². The van der Waals surface area contributed by atoms with Gasteiger partial charge in [-0.2, -0.15) is 0 Å². The van der Waals surface area contributed by atoms with E-state index in [1.165, 1.54) is 12.8 Å². The van der Waals surface area contributed by atoms with Gasteiger partial charge in [0.25, 0.3) is 0 Å². The fourth-order valence-electron chi connectivity index (χ4n) is 1.70. The van der Waals surface area contributed by atoms with Crippen LogP contribution in [0.5, 0.6) is 0 Å². The molecule has 0 aromatic rings. The van der Waals surface area contributed by atoms with Gasteiger partial charge in [-0.25, -0.2) is 0 Å². The Morgan fingerprint density at radius 2 is 2.14 bits per heavy atom. The van der Waals surface area contributed by atoms with E-state index in [1.54, 1.807) is 0 Å². The molecule has 0 aliphatic heterocycles. The summed E-state index contributed by atoms with van der Waals surface area (Å²) in [5.41, 5.74) is 0. The monoisotopic (exact) mass is 197 g/mol. The average molecular weight is 197 g/mol. The van der Waals surface area contributed by atoms with E-state index in [0.717, 1.165) is 31.7 Å². The predicted molar refractivity (Wildman–Crippen MR) is 59.1 cm³/mol. The molecule has 14 heavy (non-hydrogen) atoms. The molecule has 0 aromatic heterocycles. The van der Waals surface area contributed by atoms with E-state index in [4.69, 9.17) is 0 Å². The van der Waals surface area contributed by atoms with Crippen LogP contribution in [0.25, 0.3) is 0 Å². The van der Waals surface area contributed by atoms with Crippen LogP contribution in [0.2, 0.25) is 0 Å². The zero-order chi connectivity index (χ0) is 10.6. The third-order valence-electron chi connectivity index (χ3n) is 3.48. The van der Waals surface area contributed by atoms with Gasteiger partial charge >= 0.3 is 0 Å². The van der Waals surface area contributed by atoms with Crippen LogP contribution in [-0.4, -0.2) is 24.4 Å². The number of nitrogens with zero attached hydrogens (tertiary/aromatic N) is 1. The van der Waals surface area contributed by atoms with Crippen molar-refractivity contribution in [1.29, 1.82) is 0 Å². The SMILES string of the molecule is CCC(C)CCN(C)C(=O)C1CCC1. The molecule has 0 bridgehead atoms. The van der Waals surface area contributed by atoms with Gasteiger partial charge < -0.3 is 4.90 Å². The minimum absolute atomic E-state index is 0.358. The molecule has 2 nitrogen and oxygen atoms in total. The largest absolute Gasteiger partial charge is 0.346 e. The first-order chi connectivity index (χ1) is 6.65. The topological polar surface area (TPSA) is 20.3 Å². The summed E-state index contributed by atoms with van der Waals surface area (Å²) in [5, 5.41) is 0. The minimum Gasteiger partial charge on any atom is -0.346 e. The van der Waals surface area contributed by atoms with Gasteiger partial charge in [0.05, 0.1) is 0 Å². The fourth-order valence-corrected chi connectivity index (χ4v) is 1.70. The number of amides is 1. The Bertz CT molecular complexity index is 187. The summed E-state index contributed by atoms with van der Waals surface area (Å²) in [6, 6.07) is 0. The third kappa shape index (κ3) is 3.00. The Morgan fingerprint density at radius 3 is 2.57 bits per heavy atom. The highest BCUT2D eigenvalue weighted by molar-refractivity contribution is 5.79. The van der Waals surface area contributed by atoms with Crippen molar-refractivity contribution in [2.24, 2.45) is 11.8 Å². The lowest BCUT2D eigenvalue weighted by Gasteiger charge is -2.29. The van der Waals surface area contributed by atoms with Crippen molar-refractivity contribution < 1.29 is 4.79 Å². The molecule has 0 aromatic carbocycles. The standard InChI is InChI=1S/C12H23NO/c1-4-10(2)8-9-13(3)12(14)11-6-5-7-11/h10-11H,4-9H2,1-3H3. The van der Waals surface area contributed by atoms with E-state index in [9.17, 15) is 4.79 Å². The fraction of sp³-hybridized carbons (Fsp3) is 0.917. The molecule has 1 amide bonds. The summed E-state index contributed by atoms with van der Waals surface area (Å²) in [6.07, 6.45) is 5.84. The molecule has 0 heterocycles. The van der Waals surface area contributed by atoms with Gasteiger partial charge in [0, 0.05) is 19.5 Å². The molecule has 0 saturated heterocycles. The summed E-state index contributed by atoms with van der Waals surface area (Å²) < 4.78 is 0. The number of carbonyl (C=O) groups excluding carboxylic acids is 1. The van der Waals surface area contributed by atoms with Crippen LogP contribution in [0.4, 0.5) is 0 Å². The van der Waals surface area contributed by atoms with Gasteiger partial charge in [0.2, 0.25) is 5.91 Å². The van der Waals surface area contributed by atoms with E-state index in [2.05, 4.69) is 13.8 Å². The van der Waals surface area contributed by atoms with Gasteiger partial charge in [-0.1, -0.05) is 26.7 Å². The van der Waals surface area contributed by atoms with Crippen LogP contribution in [0.1, 0.15) is 46.0 Å². The molecule has 1 atom stereocenters. The molecule has 2 heteroatoms. The summed E-state index contributed by atoms with van der Waals surface area (Å²) in [4.78, 5) is 13.7.